The number of nitrogens with one attached hydrogen (secondary N) is 1. The van der Waals surface area contributed by atoms with Gasteiger partial charge in [0.1, 0.15) is 12.1 Å². The molecule has 0 atom stereocenters. The van der Waals surface area contributed by atoms with E-state index >= 15 is 0 Å². The van der Waals surface area contributed by atoms with Crippen molar-refractivity contribution in [2.75, 3.05) is 5.32 Å². The highest BCUT2D eigenvalue weighted by Crippen LogP contribution is 2.14. The summed E-state index contributed by atoms with van der Waals surface area (Å²) < 4.78 is 13.0. The lowest BCUT2D eigenvalue weighted by atomic mass is 10.1. The number of carbonyl (C=O) groups excluding carboxylic acids is 2. The van der Waals surface area contributed by atoms with Gasteiger partial charge >= 0.3 is 0 Å². The van der Waals surface area contributed by atoms with Crippen LogP contribution in [0.3, 0.4) is 0 Å². The minimum atomic E-state index is -0.371. The summed E-state index contributed by atoms with van der Waals surface area (Å²) in [7, 11) is 0. The van der Waals surface area contributed by atoms with Crippen molar-refractivity contribution < 1.29 is 14.0 Å². The molecule has 2 aromatic rings. The van der Waals surface area contributed by atoms with Crippen LogP contribution in [-0.4, -0.2) is 12.2 Å². The van der Waals surface area contributed by atoms with E-state index in [0.29, 0.717) is 22.4 Å². The topological polar surface area (TPSA) is 46.2 Å². The van der Waals surface area contributed by atoms with E-state index in [2.05, 4.69) is 5.32 Å². The molecule has 0 aromatic heterocycles. The molecule has 19 heavy (non-hydrogen) atoms. The fourth-order valence-corrected chi connectivity index (χ4v) is 1.73. The lowest BCUT2D eigenvalue weighted by molar-refractivity contribution is 0.102. The Morgan fingerprint density at radius 1 is 1.16 bits per heavy atom. The van der Waals surface area contributed by atoms with Gasteiger partial charge in [0.2, 0.25) is 0 Å². The maximum Gasteiger partial charge on any atom is 0.255 e. The molecule has 4 heteroatoms. The summed E-state index contributed by atoms with van der Waals surface area (Å²) in [6.45, 7) is 1.67. The molecular weight excluding hydrogens is 245 g/mol. The third-order valence-corrected chi connectivity index (χ3v) is 2.74. The Morgan fingerprint density at radius 3 is 2.42 bits per heavy atom. The Kier molecular flexibility index (Phi) is 3.71. The number of rotatable bonds is 3. The van der Waals surface area contributed by atoms with Crippen molar-refractivity contribution in [3.05, 3.63) is 65.0 Å². The molecule has 0 radical (unpaired) electrons. The first-order chi connectivity index (χ1) is 9.10. The van der Waals surface area contributed by atoms with Crippen molar-refractivity contribution in [1.29, 1.82) is 0 Å². The monoisotopic (exact) mass is 257 g/mol. The standard InChI is InChI=1S/C15H12FNO2/c1-10-8-12(16)4-7-14(10)15(19)17-13-5-2-11(9-18)3-6-13/h2-9H,1H3,(H,17,19). The highest BCUT2D eigenvalue weighted by atomic mass is 19.1. The zero-order chi connectivity index (χ0) is 13.8. The Balaban J connectivity index is 2.18. The maximum atomic E-state index is 13.0. The number of anilines is 1. The average Bonchev–Trinajstić information content (AvgIpc) is 2.39. The van der Waals surface area contributed by atoms with Gasteiger partial charge in [0, 0.05) is 16.8 Å². The van der Waals surface area contributed by atoms with Gasteiger partial charge in [-0.2, -0.15) is 0 Å². The number of amides is 1. The second-order valence-electron chi connectivity index (χ2n) is 4.15. The minimum Gasteiger partial charge on any atom is -0.322 e. The summed E-state index contributed by atoms with van der Waals surface area (Å²) in [4.78, 5) is 22.5. The van der Waals surface area contributed by atoms with Crippen LogP contribution in [0.2, 0.25) is 0 Å². The second kappa shape index (κ2) is 5.44. The third-order valence-electron chi connectivity index (χ3n) is 2.74. The first kappa shape index (κ1) is 13.0. The van der Waals surface area contributed by atoms with Crippen LogP contribution in [0.5, 0.6) is 0 Å². The summed E-state index contributed by atoms with van der Waals surface area (Å²) in [6.07, 6.45) is 0.732. The lowest BCUT2D eigenvalue weighted by Gasteiger charge is -2.07. The van der Waals surface area contributed by atoms with Crippen molar-refractivity contribution >= 4 is 17.9 Å². The molecule has 0 heterocycles. The molecule has 0 spiro atoms. The lowest BCUT2D eigenvalue weighted by Crippen LogP contribution is -2.13. The van der Waals surface area contributed by atoms with Crippen LogP contribution in [0.1, 0.15) is 26.3 Å². The van der Waals surface area contributed by atoms with Gasteiger partial charge in [0.15, 0.2) is 0 Å². The quantitative estimate of drug-likeness (QED) is 0.858. The summed E-state index contributed by atoms with van der Waals surface area (Å²) in [5.74, 6) is -0.680. The zero-order valence-corrected chi connectivity index (χ0v) is 10.3. The summed E-state index contributed by atoms with van der Waals surface area (Å²) in [5.41, 5.74) is 2.11. The summed E-state index contributed by atoms with van der Waals surface area (Å²) >= 11 is 0. The summed E-state index contributed by atoms with van der Waals surface area (Å²) in [5, 5.41) is 2.69. The first-order valence-corrected chi connectivity index (χ1v) is 5.73. The van der Waals surface area contributed by atoms with Gasteiger partial charge < -0.3 is 5.32 Å². The van der Waals surface area contributed by atoms with Crippen molar-refractivity contribution in [1.82, 2.24) is 0 Å². The molecule has 1 N–H and O–H groups in total. The van der Waals surface area contributed by atoms with Gasteiger partial charge in [-0.05, 0) is 55.0 Å². The van der Waals surface area contributed by atoms with Gasteiger partial charge in [0.25, 0.3) is 5.91 Å². The van der Waals surface area contributed by atoms with Gasteiger partial charge in [-0.3, -0.25) is 9.59 Å². The fraction of sp³-hybridized carbons (Fsp3) is 0.0667. The SMILES string of the molecule is Cc1cc(F)ccc1C(=O)Nc1ccc(C=O)cc1. The number of carbonyl (C=O) groups is 2. The van der Waals surface area contributed by atoms with Gasteiger partial charge in [-0.1, -0.05) is 0 Å². The van der Waals surface area contributed by atoms with Gasteiger partial charge in [0.05, 0.1) is 0 Å². The number of halogens is 1. The largest absolute Gasteiger partial charge is 0.322 e. The Morgan fingerprint density at radius 2 is 1.84 bits per heavy atom. The van der Waals surface area contributed by atoms with Crippen molar-refractivity contribution in [2.45, 2.75) is 6.92 Å². The van der Waals surface area contributed by atoms with Crippen LogP contribution >= 0.6 is 0 Å². The van der Waals surface area contributed by atoms with E-state index in [1.165, 1.54) is 18.2 Å². The summed E-state index contributed by atoms with van der Waals surface area (Å²) in [6, 6.07) is 10.5. The van der Waals surface area contributed by atoms with Crippen LogP contribution in [0.15, 0.2) is 42.5 Å². The van der Waals surface area contributed by atoms with E-state index in [1.54, 1.807) is 31.2 Å². The van der Waals surface area contributed by atoms with Gasteiger partial charge in [-0.25, -0.2) is 4.39 Å². The molecule has 1 amide bonds. The molecule has 96 valence electrons. The Labute approximate surface area is 110 Å². The molecule has 0 saturated carbocycles. The van der Waals surface area contributed by atoms with Crippen LogP contribution in [-0.2, 0) is 0 Å². The smallest absolute Gasteiger partial charge is 0.255 e. The molecule has 0 saturated heterocycles. The van der Waals surface area contributed by atoms with Crippen molar-refractivity contribution in [3.63, 3.8) is 0 Å². The number of hydrogen-bond acceptors (Lipinski definition) is 2. The normalized spacial score (nSPS) is 10.0. The zero-order valence-electron chi connectivity index (χ0n) is 10.3. The van der Waals surface area contributed by atoms with Crippen LogP contribution in [0.4, 0.5) is 10.1 Å². The van der Waals surface area contributed by atoms with E-state index < -0.39 is 0 Å². The predicted molar refractivity (Wildman–Crippen MR) is 70.9 cm³/mol. The maximum absolute atomic E-state index is 13.0. The van der Waals surface area contributed by atoms with E-state index in [0.717, 1.165) is 6.29 Å². The molecule has 2 aromatic carbocycles. The van der Waals surface area contributed by atoms with E-state index in [9.17, 15) is 14.0 Å². The first-order valence-electron chi connectivity index (χ1n) is 5.73. The molecule has 3 nitrogen and oxygen atoms in total. The molecule has 0 fully saturated rings. The van der Waals surface area contributed by atoms with Crippen molar-refractivity contribution in [2.24, 2.45) is 0 Å². The number of hydrogen-bond donors (Lipinski definition) is 1. The van der Waals surface area contributed by atoms with Crippen LogP contribution < -0.4 is 5.32 Å². The van der Waals surface area contributed by atoms with E-state index in [1.807, 2.05) is 0 Å². The van der Waals surface area contributed by atoms with Crippen LogP contribution in [0, 0.1) is 12.7 Å². The Hall–Kier alpha value is -2.49. The molecule has 0 aliphatic carbocycles. The highest BCUT2D eigenvalue weighted by molar-refractivity contribution is 6.05. The van der Waals surface area contributed by atoms with E-state index in [-0.39, 0.29) is 11.7 Å². The molecule has 0 bridgehead atoms. The molecular formula is C15H12FNO2. The fourth-order valence-electron chi connectivity index (χ4n) is 1.73. The van der Waals surface area contributed by atoms with Gasteiger partial charge in [-0.15, -0.1) is 0 Å². The van der Waals surface area contributed by atoms with Crippen LogP contribution in [0.25, 0.3) is 0 Å². The number of benzene rings is 2. The predicted octanol–water partition coefficient (Wildman–Crippen LogP) is 3.20. The molecule has 2 rings (SSSR count). The Bertz CT molecular complexity index is 621. The highest BCUT2D eigenvalue weighted by Gasteiger charge is 2.09. The van der Waals surface area contributed by atoms with E-state index in [4.69, 9.17) is 0 Å². The second-order valence-corrected chi connectivity index (χ2v) is 4.15. The third kappa shape index (κ3) is 3.04. The number of aldehydes is 1. The molecule has 0 unspecified atom stereocenters. The minimum absolute atomic E-state index is 0.309. The van der Waals surface area contributed by atoms with Crippen molar-refractivity contribution in [3.8, 4) is 0 Å². The average molecular weight is 257 g/mol. The molecule has 0 aliphatic rings. The number of aryl methyl sites for hydroxylation is 1. The molecule has 0 aliphatic heterocycles.